The SMILES string of the molecule is CC1(NC(=O)C2(F)CCN(c3nccc(-c4ccc(OCCF)cc4)n3)CC2)CN2CCC1CC2. The number of hydrogen-bond donors (Lipinski definition) is 1. The number of anilines is 1. The molecule has 1 aromatic heterocycles. The zero-order chi connectivity index (χ0) is 24.5. The number of aromatic nitrogens is 2. The summed E-state index contributed by atoms with van der Waals surface area (Å²) in [6.07, 6.45) is 4.02. The Morgan fingerprint density at radius 2 is 1.86 bits per heavy atom. The Balaban J connectivity index is 1.21. The number of benzene rings is 1. The van der Waals surface area contributed by atoms with Crippen molar-refractivity contribution in [2.45, 2.75) is 43.8 Å². The van der Waals surface area contributed by atoms with Crippen molar-refractivity contribution >= 4 is 11.9 Å². The van der Waals surface area contributed by atoms with Crippen LogP contribution < -0.4 is 15.0 Å². The summed E-state index contributed by atoms with van der Waals surface area (Å²) in [6.45, 7) is 5.24. The summed E-state index contributed by atoms with van der Waals surface area (Å²) in [5, 5.41) is 3.10. The van der Waals surface area contributed by atoms with Crippen LogP contribution in [0.25, 0.3) is 11.3 Å². The molecule has 5 heterocycles. The highest BCUT2D eigenvalue weighted by Gasteiger charge is 2.49. The fraction of sp³-hybridized carbons (Fsp3) is 0.577. The van der Waals surface area contributed by atoms with Gasteiger partial charge < -0.3 is 19.9 Å². The number of nitrogens with one attached hydrogen (secondary N) is 1. The Labute approximate surface area is 204 Å². The van der Waals surface area contributed by atoms with Crippen LogP contribution in [0.2, 0.25) is 0 Å². The number of carbonyl (C=O) groups is 1. The molecule has 4 fully saturated rings. The normalized spacial score (nSPS) is 27.5. The van der Waals surface area contributed by atoms with Gasteiger partial charge in [0.2, 0.25) is 5.95 Å². The molecule has 0 radical (unpaired) electrons. The van der Waals surface area contributed by atoms with Crippen LogP contribution in [0.3, 0.4) is 0 Å². The maximum absolute atomic E-state index is 15.8. The van der Waals surface area contributed by atoms with Crippen molar-refractivity contribution in [3.8, 4) is 17.0 Å². The summed E-state index contributed by atoms with van der Waals surface area (Å²) in [5.41, 5.74) is -0.618. The third-order valence-electron chi connectivity index (χ3n) is 7.82. The van der Waals surface area contributed by atoms with Crippen LogP contribution in [0.15, 0.2) is 36.5 Å². The van der Waals surface area contributed by atoms with Crippen LogP contribution in [0.1, 0.15) is 32.6 Å². The molecule has 4 aliphatic heterocycles. The number of alkyl halides is 2. The lowest BCUT2D eigenvalue weighted by molar-refractivity contribution is -0.139. The summed E-state index contributed by atoms with van der Waals surface area (Å²) < 4.78 is 33.3. The second-order valence-electron chi connectivity index (χ2n) is 10.2. The Bertz CT molecular complexity index is 1040. The fourth-order valence-electron chi connectivity index (χ4n) is 5.66. The van der Waals surface area contributed by atoms with Gasteiger partial charge in [0.25, 0.3) is 5.91 Å². The topological polar surface area (TPSA) is 70.6 Å². The van der Waals surface area contributed by atoms with E-state index in [1.165, 1.54) is 0 Å². The molecule has 1 amide bonds. The van der Waals surface area contributed by atoms with E-state index in [1.54, 1.807) is 18.3 Å². The molecule has 0 spiro atoms. The zero-order valence-electron chi connectivity index (χ0n) is 20.2. The molecule has 7 nitrogen and oxygen atoms in total. The first-order valence-corrected chi connectivity index (χ1v) is 12.5. The highest BCUT2D eigenvalue weighted by atomic mass is 19.1. The molecule has 2 bridgehead atoms. The third-order valence-corrected chi connectivity index (χ3v) is 7.82. The molecule has 188 valence electrons. The molecule has 1 N–H and O–H groups in total. The molecule has 1 atom stereocenters. The van der Waals surface area contributed by atoms with Crippen molar-refractivity contribution in [1.82, 2.24) is 20.2 Å². The van der Waals surface area contributed by atoms with Crippen molar-refractivity contribution in [3.63, 3.8) is 0 Å². The highest BCUT2D eigenvalue weighted by Crippen LogP contribution is 2.37. The summed E-state index contributed by atoms with van der Waals surface area (Å²) in [6, 6.07) is 9.09. The second-order valence-corrected chi connectivity index (χ2v) is 10.2. The smallest absolute Gasteiger partial charge is 0.258 e. The van der Waals surface area contributed by atoms with Gasteiger partial charge in [0.1, 0.15) is 19.0 Å². The van der Waals surface area contributed by atoms with Gasteiger partial charge in [-0.1, -0.05) is 0 Å². The molecule has 9 heteroatoms. The van der Waals surface area contributed by atoms with Crippen LogP contribution in [0.4, 0.5) is 14.7 Å². The molecular weight excluding hydrogens is 452 g/mol. The molecule has 35 heavy (non-hydrogen) atoms. The van der Waals surface area contributed by atoms with Crippen molar-refractivity contribution < 1.29 is 18.3 Å². The van der Waals surface area contributed by atoms with Crippen molar-refractivity contribution in [1.29, 1.82) is 0 Å². The van der Waals surface area contributed by atoms with Crippen LogP contribution in [0.5, 0.6) is 5.75 Å². The molecule has 0 saturated carbocycles. The van der Waals surface area contributed by atoms with Crippen LogP contribution in [-0.2, 0) is 4.79 Å². The van der Waals surface area contributed by atoms with Gasteiger partial charge >= 0.3 is 0 Å². The zero-order valence-corrected chi connectivity index (χ0v) is 20.2. The molecule has 0 aliphatic carbocycles. The van der Waals surface area contributed by atoms with E-state index >= 15 is 4.39 Å². The average Bonchev–Trinajstić information content (AvgIpc) is 2.88. The summed E-state index contributed by atoms with van der Waals surface area (Å²) >= 11 is 0. The van der Waals surface area contributed by atoms with Gasteiger partial charge in [-0.15, -0.1) is 0 Å². The Morgan fingerprint density at radius 1 is 1.14 bits per heavy atom. The van der Waals surface area contributed by atoms with Crippen LogP contribution in [-0.4, -0.2) is 78.0 Å². The minimum Gasteiger partial charge on any atom is -0.491 e. The number of halogens is 2. The van der Waals surface area contributed by atoms with Gasteiger partial charge in [0.15, 0.2) is 5.67 Å². The van der Waals surface area contributed by atoms with Gasteiger partial charge in [-0.3, -0.25) is 4.79 Å². The van der Waals surface area contributed by atoms with E-state index in [-0.39, 0.29) is 25.0 Å². The average molecular weight is 486 g/mol. The van der Waals surface area contributed by atoms with Crippen molar-refractivity contribution in [2.24, 2.45) is 5.92 Å². The van der Waals surface area contributed by atoms with Crippen LogP contribution in [0, 0.1) is 5.92 Å². The Hall–Kier alpha value is -2.81. The molecular formula is C26H33F2N5O2. The number of nitrogens with zero attached hydrogens (tertiary/aromatic N) is 4. The molecule has 1 aromatic carbocycles. The summed E-state index contributed by atoms with van der Waals surface area (Å²) in [4.78, 5) is 26.4. The van der Waals surface area contributed by atoms with Gasteiger partial charge in [-0.25, -0.2) is 18.7 Å². The van der Waals surface area contributed by atoms with E-state index < -0.39 is 18.3 Å². The molecule has 1 unspecified atom stereocenters. The van der Waals surface area contributed by atoms with E-state index in [1.807, 2.05) is 23.1 Å². The van der Waals surface area contributed by atoms with Crippen molar-refractivity contribution in [2.75, 3.05) is 50.9 Å². The van der Waals surface area contributed by atoms with Crippen molar-refractivity contribution in [3.05, 3.63) is 36.5 Å². The number of ether oxygens (including phenoxy) is 1. The largest absolute Gasteiger partial charge is 0.491 e. The first-order chi connectivity index (χ1) is 16.9. The maximum Gasteiger partial charge on any atom is 0.258 e. The lowest BCUT2D eigenvalue weighted by Crippen LogP contribution is -2.68. The first kappa shape index (κ1) is 23.9. The predicted octanol–water partition coefficient (Wildman–Crippen LogP) is 3.40. The van der Waals surface area contributed by atoms with E-state index in [4.69, 9.17) is 4.74 Å². The number of amides is 1. The van der Waals surface area contributed by atoms with E-state index in [0.717, 1.165) is 43.7 Å². The predicted molar refractivity (Wildman–Crippen MR) is 130 cm³/mol. The van der Waals surface area contributed by atoms with E-state index in [2.05, 4.69) is 27.1 Å². The second kappa shape index (κ2) is 9.68. The molecule has 4 aliphatic rings. The molecule has 4 saturated heterocycles. The minimum atomic E-state index is -1.88. The first-order valence-electron chi connectivity index (χ1n) is 12.5. The molecule has 2 aromatic rings. The monoisotopic (exact) mass is 485 g/mol. The summed E-state index contributed by atoms with van der Waals surface area (Å²) in [5.74, 6) is 1.06. The number of fused-ring (bicyclic) bond motifs is 3. The van der Waals surface area contributed by atoms with E-state index in [9.17, 15) is 9.18 Å². The quantitative estimate of drug-likeness (QED) is 0.648. The van der Waals surface area contributed by atoms with Gasteiger partial charge in [0, 0.05) is 44.2 Å². The lowest BCUT2D eigenvalue weighted by atomic mass is 9.73. The minimum absolute atomic E-state index is 0.0261. The van der Waals surface area contributed by atoms with Gasteiger partial charge in [-0.2, -0.15) is 0 Å². The summed E-state index contributed by atoms with van der Waals surface area (Å²) in [7, 11) is 0. The number of hydrogen-bond acceptors (Lipinski definition) is 6. The lowest BCUT2D eigenvalue weighted by Gasteiger charge is -2.52. The Kier molecular flexibility index (Phi) is 6.61. The fourth-order valence-corrected chi connectivity index (χ4v) is 5.66. The van der Waals surface area contributed by atoms with Gasteiger partial charge in [0.05, 0.1) is 11.2 Å². The number of piperidine rings is 4. The number of rotatable bonds is 7. The highest BCUT2D eigenvalue weighted by molar-refractivity contribution is 5.86. The van der Waals surface area contributed by atoms with Gasteiger partial charge in [-0.05, 0) is 69.1 Å². The molecule has 6 rings (SSSR count). The van der Waals surface area contributed by atoms with E-state index in [0.29, 0.717) is 30.7 Å². The maximum atomic E-state index is 15.8. The third kappa shape index (κ3) is 4.96. The van der Waals surface area contributed by atoms with Crippen LogP contribution >= 0.6 is 0 Å². The number of carbonyl (C=O) groups excluding carboxylic acids is 1. The standard InChI is InChI=1S/C26H33F2N5O2/c1-25(18-32-13-7-20(25)8-14-32)31-23(34)26(28)9-15-33(16-10-26)24-29-12-6-22(30-24)19-2-4-21(5-3-19)35-17-11-27/h2-6,12,20H,7-11,13-18H2,1H3,(H,31,34). The Morgan fingerprint density at radius 3 is 2.49 bits per heavy atom.